The van der Waals surface area contributed by atoms with Gasteiger partial charge in [0.2, 0.25) is 0 Å². The van der Waals surface area contributed by atoms with Gasteiger partial charge in [0.15, 0.2) is 12.4 Å². The fraction of sp³-hybridized carbons (Fsp3) is 0. The highest BCUT2D eigenvalue weighted by molar-refractivity contribution is 9.10. The molecule has 0 saturated carbocycles. The van der Waals surface area contributed by atoms with E-state index in [0.29, 0.717) is 5.56 Å². The Balaban J connectivity index is 2.33. The highest BCUT2D eigenvalue weighted by Crippen LogP contribution is 2.10. The molecule has 2 aromatic rings. The normalized spacial score (nSPS) is 9.93. The highest BCUT2D eigenvalue weighted by Gasteiger charge is 2.15. The number of nitrogens with zero attached hydrogens (tertiary/aromatic N) is 1. The largest absolute Gasteiger partial charge is 0.424 e. The third-order valence-electron chi connectivity index (χ3n) is 2.04. The Morgan fingerprint density at radius 1 is 1.00 bits per heavy atom. The molecule has 0 aliphatic heterocycles. The van der Waals surface area contributed by atoms with Crippen molar-refractivity contribution in [2.24, 2.45) is 0 Å². The first-order valence-electron chi connectivity index (χ1n) is 4.54. The van der Waals surface area contributed by atoms with Crippen LogP contribution in [0.15, 0.2) is 59.3 Å². The molecule has 2 rings (SSSR count). The first-order chi connectivity index (χ1) is 7.27. The quantitative estimate of drug-likeness (QED) is 0.724. The zero-order valence-corrected chi connectivity index (χ0v) is 9.52. The van der Waals surface area contributed by atoms with Crippen molar-refractivity contribution in [3.63, 3.8) is 0 Å². The molecule has 0 bridgehead atoms. The number of benzene rings is 1. The molecule has 1 aromatic heterocycles. The van der Waals surface area contributed by atoms with Crippen LogP contribution in [0.1, 0.15) is 10.4 Å². The van der Waals surface area contributed by atoms with Gasteiger partial charge in [-0.15, -0.1) is 4.57 Å². The molecular weight excluding hydrogens is 254 g/mol. The van der Waals surface area contributed by atoms with Gasteiger partial charge in [-0.1, -0.05) is 22.0 Å². The van der Waals surface area contributed by atoms with Crippen LogP contribution in [-0.4, -0.2) is 5.91 Å². The van der Waals surface area contributed by atoms with Gasteiger partial charge < -0.3 is 0 Å². The minimum atomic E-state index is -0.0249. The smallest absolute Gasteiger partial charge is 0.214 e. The van der Waals surface area contributed by atoms with Crippen molar-refractivity contribution < 1.29 is 9.36 Å². The van der Waals surface area contributed by atoms with Gasteiger partial charge in [0.1, 0.15) is 0 Å². The number of pyridine rings is 1. The van der Waals surface area contributed by atoms with E-state index in [1.165, 1.54) is 0 Å². The highest BCUT2D eigenvalue weighted by atomic mass is 79.9. The Hall–Kier alpha value is -1.48. The summed E-state index contributed by atoms with van der Waals surface area (Å²) in [5, 5.41) is 0. The number of carbonyl (C=O) groups excluding carboxylic acids is 1. The summed E-state index contributed by atoms with van der Waals surface area (Å²) >= 11 is 3.33. The van der Waals surface area contributed by atoms with Crippen LogP contribution in [0.25, 0.3) is 0 Å². The first kappa shape index (κ1) is 10.1. The summed E-state index contributed by atoms with van der Waals surface area (Å²) in [6.45, 7) is 0. The maximum absolute atomic E-state index is 11.9. The van der Waals surface area contributed by atoms with Crippen molar-refractivity contribution >= 4 is 21.8 Å². The molecule has 74 valence electrons. The van der Waals surface area contributed by atoms with Crippen molar-refractivity contribution in [2.75, 3.05) is 0 Å². The molecule has 0 atom stereocenters. The summed E-state index contributed by atoms with van der Waals surface area (Å²) in [6, 6.07) is 12.9. The molecule has 3 heteroatoms. The number of hydrogen-bond donors (Lipinski definition) is 0. The maximum atomic E-state index is 11.9. The van der Waals surface area contributed by atoms with E-state index in [2.05, 4.69) is 15.9 Å². The average molecular weight is 263 g/mol. The fourth-order valence-electron chi connectivity index (χ4n) is 1.28. The maximum Gasteiger partial charge on any atom is 0.424 e. The third-order valence-corrected chi connectivity index (χ3v) is 2.57. The summed E-state index contributed by atoms with van der Waals surface area (Å²) < 4.78 is 2.53. The molecular formula is C12H9BrNO+. The summed E-state index contributed by atoms with van der Waals surface area (Å²) in [5.41, 5.74) is 0.675. The molecule has 15 heavy (non-hydrogen) atoms. The Morgan fingerprint density at radius 3 is 2.20 bits per heavy atom. The van der Waals surface area contributed by atoms with E-state index >= 15 is 0 Å². The van der Waals surface area contributed by atoms with Gasteiger partial charge in [0, 0.05) is 16.6 Å². The Bertz CT molecular complexity index is 465. The van der Waals surface area contributed by atoms with Gasteiger partial charge >= 0.3 is 5.91 Å². The van der Waals surface area contributed by atoms with Crippen molar-refractivity contribution in [3.8, 4) is 0 Å². The topological polar surface area (TPSA) is 20.9 Å². The molecule has 1 heterocycles. The third kappa shape index (κ3) is 2.30. The fourth-order valence-corrected chi connectivity index (χ4v) is 1.54. The Labute approximate surface area is 96.3 Å². The Morgan fingerprint density at radius 2 is 1.60 bits per heavy atom. The van der Waals surface area contributed by atoms with Crippen molar-refractivity contribution in [1.29, 1.82) is 0 Å². The monoisotopic (exact) mass is 262 g/mol. The second kappa shape index (κ2) is 4.36. The van der Waals surface area contributed by atoms with E-state index in [0.717, 1.165) is 4.47 Å². The van der Waals surface area contributed by atoms with Crippen LogP contribution in [0.5, 0.6) is 0 Å². The van der Waals surface area contributed by atoms with Gasteiger partial charge in [-0.05, 0) is 24.3 Å². The van der Waals surface area contributed by atoms with Gasteiger partial charge in [-0.3, -0.25) is 0 Å². The summed E-state index contributed by atoms with van der Waals surface area (Å²) in [7, 11) is 0. The average Bonchev–Trinajstić information content (AvgIpc) is 2.30. The van der Waals surface area contributed by atoms with Crippen LogP contribution in [-0.2, 0) is 0 Å². The molecule has 2 nitrogen and oxygen atoms in total. The molecule has 1 aromatic carbocycles. The number of halogens is 1. The predicted octanol–water partition coefficient (Wildman–Crippen LogP) is 2.43. The lowest BCUT2D eigenvalue weighted by molar-refractivity contribution is -0.570. The lowest BCUT2D eigenvalue weighted by atomic mass is 10.2. The van der Waals surface area contributed by atoms with Crippen molar-refractivity contribution in [1.82, 2.24) is 0 Å². The number of rotatable bonds is 1. The molecule has 0 unspecified atom stereocenters. The minimum Gasteiger partial charge on any atom is -0.214 e. The van der Waals surface area contributed by atoms with Gasteiger partial charge in [0.25, 0.3) is 0 Å². The second-order valence-electron chi connectivity index (χ2n) is 3.09. The molecule has 0 fully saturated rings. The van der Waals surface area contributed by atoms with E-state index in [9.17, 15) is 4.79 Å². The SMILES string of the molecule is O=C(c1ccc(Br)cc1)[n+]1ccccc1. The summed E-state index contributed by atoms with van der Waals surface area (Å²) in [6.07, 6.45) is 3.48. The van der Waals surface area contributed by atoms with Crippen LogP contribution < -0.4 is 4.57 Å². The van der Waals surface area contributed by atoms with E-state index in [1.807, 2.05) is 30.3 Å². The summed E-state index contributed by atoms with van der Waals surface area (Å²) in [5.74, 6) is -0.0249. The molecule has 0 amide bonds. The molecule has 0 N–H and O–H groups in total. The minimum absolute atomic E-state index is 0.0249. The van der Waals surface area contributed by atoms with E-state index < -0.39 is 0 Å². The van der Waals surface area contributed by atoms with Crippen LogP contribution in [0.3, 0.4) is 0 Å². The standard InChI is InChI=1S/C12H9BrNO/c13-11-6-4-10(5-7-11)12(15)14-8-2-1-3-9-14/h1-9H/q+1. The van der Waals surface area contributed by atoms with Crippen LogP contribution in [0, 0.1) is 0 Å². The van der Waals surface area contributed by atoms with Crippen molar-refractivity contribution in [2.45, 2.75) is 0 Å². The molecule has 0 aliphatic carbocycles. The predicted molar refractivity (Wildman–Crippen MR) is 60.5 cm³/mol. The Kier molecular flexibility index (Phi) is 2.92. The summed E-state index contributed by atoms with van der Waals surface area (Å²) in [4.78, 5) is 11.9. The molecule has 0 spiro atoms. The number of aromatic nitrogens is 1. The van der Waals surface area contributed by atoms with Crippen molar-refractivity contribution in [3.05, 3.63) is 64.9 Å². The van der Waals surface area contributed by atoms with Gasteiger partial charge in [-0.25, -0.2) is 4.79 Å². The first-order valence-corrected chi connectivity index (χ1v) is 5.33. The van der Waals surface area contributed by atoms with Crippen LogP contribution >= 0.6 is 15.9 Å². The molecule has 0 aliphatic rings. The zero-order valence-electron chi connectivity index (χ0n) is 7.93. The van der Waals surface area contributed by atoms with E-state index in [-0.39, 0.29) is 5.91 Å². The lowest BCUT2D eigenvalue weighted by Crippen LogP contribution is -2.41. The molecule has 0 saturated heterocycles. The van der Waals surface area contributed by atoms with Crippen LogP contribution in [0.2, 0.25) is 0 Å². The lowest BCUT2D eigenvalue weighted by Gasteiger charge is -1.95. The number of hydrogen-bond acceptors (Lipinski definition) is 1. The van der Waals surface area contributed by atoms with Gasteiger partial charge in [-0.2, -0.15) is 0 Å². The van der Waals surface area contributed by atoms with E-state index in [4.69, 9.17) is 0 Å². The van der Waals surface area contributed by atoms with Crippen LogP contribution in [0.4, 0.5) is 0 Å². The zero-order chi connectivity index (χ0) is 10.7. The second-order valence-corrected chi connectivity index (χ2v) is 4.01. The van der Waals surface area contributed by atoms with Gasteiger partial charge in [0.05, 0.1) is 5.56 Å². The molecule has 0 radical (unpaired) electrons. The number of carbonyl (C=O) groups is 1. The van der Waals surface area contributed by atoms with E-state index in [1.54, 1.807) is 29.1 Å².